The number of rotatable bonds is 30. The second-order valence-electron chi connectivity index (χ2n) is 25.8. The molecule has 30 nitrogen and oxygen atoms in total. The molecule has 0 heterocycles. The zero-order chi connectivity index (χ0) is 140. The Labute approximate surface area is 888 Å². The van der Waals surface area contributed by atoms with Crippen LogP contribution >= 0.6 is 69.6 Å². The Balaban J connectivity index is 0.000000290. The summed E-state index contributed by atoms with van der Waals surface area (Å²) in [7, 11) is -30.1. The molecule has 6 aliphatic carbocycles. The van der Waals surface area contributed by atoms with E-state index in [9.17, 15) is 106 Å². The first kappa shape index (κ1) is 66.2. The Morgan fingerprint density at radius 3 is 0.891 bits per heavy atom. The van der Waals surface area contributed by atoms with Crippen molar-refractivity contribution in [2.24, 2.45) is 0 Å². The lowest BCUT2D eigenvalue weighted by Gasteiger charge is -2.24. The van der Waals surface area contributed by atoms with Crippen LogP contribution in [0.2, 0.25) is 30.1 Å². The Hall–Kier alpha value is -9.60. The van der Waals surface area contributed by atoms with E-state index in [0.29, 0.717) is 6.08 Å². The number of benzene rings is 6. The van der Waals surface area contributed by atoms with Gasteiger partial charge in [0, 0.05) is 24.7 Å². The van der Waals surface area contributed by atoms with Crippen molar-refractivity contribution >= 4 is 200 Å². The van der Waals surface area contributed by atoms with Gasteiger partial charge in [0.2, 0.25) is 60.1 Å². The molecule has 0 saturated carbocycles. The fraction of sp³-hybridized carbons (Fsp3) is 0.400. The molecule has 0 fully saturated rings. The molecule has 0 spiro atoms. The topological polar surface area (TPSA) is 435 Å². The molecule has 0 unspecified atom stereocenters. The first-order valence-electron chi connectivity index (χ1n) is 60.1. The second-order valence-corrected chi connectivity index (χ2v) is 38.7. The number of hydrogen-bond acceptors (Lipinski definition) is 24. The highest BCUT2D eigenvalue weighted by molar-refractivity contribution is 7.95. The van der Waals surface area contributed by atoms with Crippen LogP contribution in [0.25, 0.3) is 0 Å². The van der Waals surface area contributed by atoms with Crippen LogP contribution in [0, 0.1) is 34.9 Å². The van der Waals surface area contributed by atoms with Crippen LogP contribution in [0.15, 0.2) is 179 Å². The molecule has 0 bridgehead atoms. The smallest absolute Gasteiger partial charge is 0.335 e. The van der Waals surface area contributed by atoms with Crippen molar-refractivity contribution < 1.29 is 193 Å². The van der Waals surface area contributed by atoms with Gasteiger partial charge in [-0.1, -0.05) is 106 Å². The summed E-state index contributed by atoms with van der Waals surface area (Å²) in [6, 6.07) is -23.0. The van der Waals surface area contributed by atoms with Gasteiger partial charge in [0.05, 0.1) is 172 Å². The molecule has 48 heteroatoms. The first-order valence-corrected chi connectivity index (χ1v) is 49.9. The molecular weight excluding hydrogens is 2070 g/mol. The number of nitrogens with one attached hydrogen (secondary N) is 6. The minimum absolute atomic E-state index is 0.0512. The Morgan fingerprint density at radius 2 is 0.551 bits per heavy atom. The lowest BCUT2D eigenvalue weighted by molar-refractivity contribution is -0.139. The molecule has 6 N–H and O–H groups in total. The van der Waals surface area contributed by atoms with E-state index in [-0.39, 0.29) is 52.5 Å². The highest BCUT2D eigenvalue weighted by Crippen LogP contribution is 2.39. The summed E-state index contributed by atoms with van der Waals surface area (Å²) in [5.74, 6) is -16.4. The number of allylic oxidation sites excluding steroid dienone is 6. The summed E-state index contributed by atoms with van der Waals surface area (Å²) in [5.41, 5.74) is -10.2. The summed E-state index contributed by atoms with van der Waals surface area (Å²) < 4.78 is 614. The maximum absolute atomic E-state index is 13.8. The molecule has 0 radical (unpaired) electrons. The Kier molecular flexibility index (Phi) is 25.8. The summed E-state index contributed by atoms with van der Waals surface area (Å²) >= 11 is 34.6. The summed E-state index contributed by atoms with van der Waals surface area (Å²) in [4.78, 5) is 73.8. The van der Waals surface area contributed by atoms with Gasteiger partial charge in [0.1, 0.15) is 66.3 Å². The predicted molar refractivity (Wildman–Crippen MR) is 518 cm³/mol. The molecule has 6 aliphatic rings. The quantitative estimate of drug-likeness (QED) is 0.0139. The molecule has 12 rings (SSSR count). The van der Waals surface area contributed by atoms with Gasteiger partial charge in [-0.25, -0.2) is 106 Å². The lowest BCUT2D eigenvalue weighted by Crippen LogP contribution is -2.34. The monoisotopic (exact) mass is 2210 g/mol. The van der Waals surface area contributed by atoms with Crippen LogP contribution in [-0.4, -0.2) is 157 Å². The van der Waals surface area contributed by atoms with Crippen LogP contribution in [0.1, 0.15) is 216 Å². The van der Waals surface area contributed by atoms with Crippen molar-refractivity contribution in [1.82, 2.24) is 0 Å². The van der Waals surface area contributed by atoms with Crippen molar-refractivity contribution in [1.29, 1.82) is 0 Å². The Bertz CT molecular complexity index is 8680. The molecule has 0 saturated heterocycles. The van der Waals surface area contributed by atoms with Crippen molar-refractivity contribution in [2.75, 3.05) is 68.0 Å². The van der Waals surface area contributed by atoms with Crippen LogP contribution in [0.5, 0.6) is 0 Å². The summed E-state index contributed by atoms with van der Waals surface area (Å²) in [6.45, 7) is 7.32. The van der Waals surface area contributed by atoms with Gasteiger partial charge in [0.15, 0.2) is 0 Å². The average molecular weight is 2210 g/mol. The standard InChI is InChI=1S/6C15H17ClFNO4S/c6*1-2-22-15(19)11-5-3-4-6-14(11)23(20,21)18-13-8-7-10(17)9-12(13)16/h6*5,7-9,14,18H,2-4,6H2,1H3/t6*14-/m111111/s1/i3D2,4D2,5D,7D,8D,9D,14D;4D2,5D,7D,8D,9D,14D;3D2,4D2,7D,8D,9D,14D;3D2,4D2,5D,7D,8D,9D;4D2,5D,7D,8D,9D;6D2,7D,8D,9D. The van der Waals surface area contributed by atoms with Gasteiger partial charge in [-0.05, 0) is 265 Å². The van der Waals surface area contributed by atoms with E-state index in [2.05, 4.69) is 4.74 Å². The SMILES string of the molecule is [2H]C1=C(C(=O)OCC)[C@H](S(=O)(=O)Nc2c([2H])c([2H])c(F)c([2H])c2Cl)CC([2H])([2H])C1.[2H]C1=C(C(=O)OCC)[C@H](S(=O)(=O)Nc2c([2H])c([2H])c(F)c([2H])c2Cl)CC([2H])([2H])C1([2H])[2H].[2H]C1=C(C(=O)OCC)[C@]([2H])(S(=O)(=O)Nc2c([2H])c([2H])c(F)c([2H])c2Cl)CC([2H])([2H])C1.[2H]C1=C(C(=O)OCC)[C@]([2H])(S(=O)(=O)Nc2c([2H])c([2H])c(F)c([2H])c2Cl)CC([2H])([2H])C1([2H])[2H].[2H]c1c([2H])c(NS(=O)(=O)[C@H]2C(C(=O)OCC)=CCCC2([2H])[2H])c(Cl)c([2H])c1F.[2H]c1c([2H])c(NS(=O)(=O)[C@]2([2H])CC([2H])([2H])C([2H])([2H])C=C2C(=O)OCC)c(Cl)c([2H])c1F. The van der Waals surface area contributed by atoms with Gasteiger partial charge in [0.25, 0.3) is 0 Å². The van der Waals surface area contributed by atoms with Crippen molar-refractivity contribution in [2.45, 2.75) is 188 Å². The minimum Gasteiger partial charge on any atom is -0.463 e. The summed E-state index contributed by atoms with van der Waals surface area (Å²) in [5, 5.41) is -20.6. The van der Waals surface area contributed by atoms with Crippen LogP contribution in [0.4, 0.5) is 60.5 Å². The van der Waals surface area contributed by atoms with Gasteiger partial charge in [-0.3, -0.25) is 28.3 Å². The van der Waals surface area contributed by atoms with Gasteiger partial charge in [-0.2, -0.15) is 0 Å². The van der Waals surface area contributed by atoms with Crippen molar-refractivity contribution in [3.8, 4) is 0 Å². The zero-order valence-corrected chi connectivity index (χ0v) is 80.7. The average Bonchev–Trinajstić information content (AvgIpc) is 0.574. The number of ether oxygens (including phenoxy) is 6. The molecule has 6 aromatic rings. The third-order valence-corrected chi connectivity index (χ3v) is 27.5. The van der Waals surface area contributed by atoms with Crippen LogP contribution < -0.4 is 28.3 Å². The first-order chi connectivity index (χ1) is 82.0. The molecule has 6 atom stereocenters. The fourth-order valence-electron chi connectivity index (χ4n) is 10.7. The van der Waals surface area contributed by atoms with E-state index in [1.807, 2.05) is 9.44 Å². The number of anilines is 6. The molecule has 138 heavy (non-hydrogen) atoms. The van der Waals surface area contributed by atoms with Crippen LogP contribution in [0.3, 0.4) is 0 Å². The molecular formula is C90H102Cl6F6N6O24S6. The minimum atomic E-state index is -5.36. The zero-order valence-electron chi connectivity index (χ0n) is 114. The van der Waals surface area contributed by atoms with Gasteiger partial charge >= 0.3 is 35.8 Å². The number of esters is 6. The van der Waals surface area contributed by atoms with Gasteiger partial charge < -0.3 is 28.4 Å². The molecule has 0 aliphatic heterocycles. The van der Waals surface area contributed by atoms with Crippen molar-refractivity contribution in [3.05, 3.63) is 244 Å². The number of carbonyl (C=O) groups is 6. The largest absolute Gasteiger partial charge is 0.463 e. The summed E-state index contributed by atoms with van der Waals surface area (Å²) in [6.07, 6.45) is -30.0. The highest BCUT2D eigenvalue weighted by atomic mass is 35.5. The predicted octanol–water partition coefficient (Wildman–Crippen LogP) is 19.6. The number of hydrogen-bond donors (Lipinski definition) is 6. The molecule has 0 aromatic heterocycles. The highest BCUT2D eigenvalue weighted by Gasteiger charge is 2.42. The van der Waals surface area contributed by atoms with E-state index >= 15 is 0 Å². The Morgan fingerprint density at radius 1 is 0.312 bits per heavy atom. The van der Waals surface area contributed by atoms with E-state index in [1.54, 1.807) is 18.9 Å². The molecule has 6 aromatic carbocycles. The van der Waals surface area contributed by atoms with Crippen LogP contribution in [-0.2, 0) is 117 Å². The third kappa shape index (κ3) is 33.8. The van der Waals surface area contributed by atoms with E-state index in [0.717, 1.165) is 0 Å². The fourth-order valence-corrected chi connectivity index (χ4v) is 20.0. The molecule has 756 valence electrons. The van der Waals surface area contributed by atoms with E-state index in [1.165, 1.54) is 47.6 Å². The number of carbonyl (C=O) groups excluding carboxylic acids is 6. The van der Waals surface area contributed by atoms with Gasteiger partial charge in [-0.15, -0.1) is 0 Å². The van der Waals surface area contributed by atoms with E-state index in [4.69, 9.17) is 152 Å². The van der Waals surface area contributed by atoms with Crippen molar-refractivity contribution in [3.63, 3.8) is 0 Å². The lowest BCUT2D eigenvalue weighted by atomic mass is 9.99. The number of sulfonamides is 6. The molecule has 0 amide bonds. The van der Waals surface area contributed by atoms with E-state index < -0.39 is 495 Å². The normalized spacial score (nSPS) is 27.9. The third-order valence-electron chi connectivity index (χ3n) is 16.5. The second kappa shape index (κ2) is 53.9. The number of halogens is 12. The maximum Gasteiger partial charge on any atom is 0.335 e. The maximum atomic E-state index is 13.8.